The van der Waals surface area contributed by atoms with E-state index in [1.54, 1.807) is 14.2 Å². The molecule has 0 saturated heterocycles. The Bertz CT molecular complexity index is 713. The van der Waals surface area contributed by atoms with Crippen LogP contribution in [0.15, 0.2) is 42.5 Å². The Hall–Kier alpha value is -2.49. The number of methoxy groups -OCH3 is 2. The Morgan fingerprint density at radius 2 is 1.68 bits per heavy atom. The van der Waals surface area contributed by atoms with E-state index in [9.17, 15) is 4.79 Å². The number of carbonyl (C=O) groups is 1. The fraction of sp³-hybridized carbons (Fsp3) is 0.381. The highest BCUT2D eigenvalue weighted by atomic mass is 16.5. The van der Waals surface area contributed by atoms with Gasteiger partial charge < -0.3 is 14.8 Å². The van der Waals surface area contributed by atoms with Crippen molar-refractivity contribution in [3.05, 3.63) is 53.6 Å². The molecule has 0 saturated carbocycles. The molecule has 0 spiro atoms. The van der Waals surface area contributed by atoms with Crippen molar-refractivity contribution in [1.29, 1.82) is 0 Å². The van der Waals surface area contributed by atoms with Gasteiger partial charge in [-0.25, -0.2) is 0 Å². The second-order valence-corrected chi connectivity index (χ2v) is 6.29. The van der Waals surface area contributed by atoms with Crippen LogP contribution in [0.4, 0.5) is 5.69 Å². The second-order valence-electron chi connectivity index (χ2n) is 6.29. The Kier molecular flexibility index (Phi) is 6.45. The summed E-state index contributed by atoms with van der Waals surface area (Å²) < 4.78 is 10.7. The van der Waals surface area contributed by atoms with E-state index in [2.05, 4.69) is 19.2 Å². The number of carbonyl (C=O) groups excluding carboxylic acids is 1. The predicted octanol–water partition coefficient (Wildman–Crippen LogP) is 4.78. The van der Waals surface area contributed by atoms with Crippen LogP contribution in [0.25, 0.3) is 0 Å². The lowest BCUT2D eigenvalue weighted by Crippen LogP contribution is -2.26. The molecule has 0 aliphatic heterocycles. The van der Waals surface area contributed by atoms with Gasteiger partial charge in [-0.05, 0) is 30.0 Å². The van der Waals surface area contributed by atoms with Gasteiger partial charge in [-0.3, -0.25) is 4.79 Å². The SMILES string of the molecule is CC[C@@H](C)[C@H](C(=O)Nc1cc(OC)c(OC)cc1C)c1ccccc1. The van der Waals surface area contributed by atoms with E-state index in [4.69, 9.17) is 9.47 Å². The highest BCUT2D eigenvalue weighted by Crippen LogP contribution is 2.34. The lowest BCUT2D eigenvalue weighted by atomic mass is 9.85. The lowest BCUT2D eigenvalue weighted by Gasteiger charge is -2.23. The topological polar surface area (TPSA) is 47.6 Å². The summed E-state index contributed by atoms with van der Waals surface area (Å²) in [5, 5.41) is 3.08. The van der Waals surface area contributed by atoms with E-state index in [0.717, 1.165) is 23.2 Å². The zero-order valence-corrected chi connectivity index (χ0v) is 15.6. The molecule has 0 radical (unpaired) electrons. The number of ether oxygens (including phenoxy) is 2. The molecule has 134 valence electrons. The van der Waals surface area contributed by atoms with Gasteiger partial charge in [-0.15, -0.1) is 0 Å². The van der Waals surface area contributed by atoms with E-state index in [0.29, 0.717) is 11.5 Å². The first-order valence-corrected chi connectivity index (χ1v) is 8.60. The number of aryl methyl sites for hydroxylation is 1. The monoisotopic (exact) mass is 341 g/mol. The zero-order valence-electron chi connectivity index (χ0n) is 15.6. The van der Waals surface area contributed by atoms with Crippen LogP contribution in [-0.2, 0) is 4.79 Å². The highest BCUT2D eigenvalue weighted by Gasteiger charge is 2.26. The van der Waals surface area contributed by atoms with Crippen LogP contribution >= 0.6 is 0 Å². The molecule has 25 heavy (non-hydrogen) atoms. The molecule has 4 nitrogen and oxygen atoms in total. The van der Waals surface area contributed by atoms with Crippen LogP contribution in [0.2, 0.25) is 0 Å². The van der Waals surface area contributed by atoms with Crippen molar-refractivity contribution in [2.75, 3.05) is 19.5 Å². The molecule has 1 N–H and O–H groups in total. The highest BCUT2D eigenvalue weighted by molar-refractivity contribution is 5.97. The molecule has 0 bridgehead atoms. The maximum atomic E-state index is 13.0. The molecule has 4 heteroatoms. The van der Waals surface area contributed by atoms with Gasteiger partial charge in [0.1, 0.15) is 0 Å². The van der Waals surface area contributed by atoms with E-state index < -0.39 is 0 Å². The maximum absolute atomic E-state index is 13.0. The third-order valence-electron chi connectivity index (χ3n) is 4.64. The van der Waals surface area contributed by atoms with Crippen molar-refractivity contribution in [3.63, 3.8) is 0 Å². The smallest absolute Gasteiger partial charge is 0.232 e. The van der Waals surface area contributed by atoms with Crippen molar-refractivity contribution in [2.45, 2.75) is 33.1 Å². The summed E-state index contributed by atoms with van der Waals surface area (Å²) in [5.41, 5.74) is 2.71. The molecule has 0 aliphatic rings. The zero-order chi connectivity index (χ0) is 18.4. The first-order chi connectivity index (χ1) is 12.0. The molecule has 2 rings (SSSR count). The van der Waals surface area contributed by atoms with E-state index in [1.165, 1.54) is 0 Å². The summed E-state index contributed by atoms with van der Waals surface area (Å²) in [7, 11) is 3.19. The number of benzene rings is 2. The standard InChI is InChI=1S/C21H27NO3/c1-6-14(2)20(16-10-8-7-9-11-16)21(23)22-17-13-19(25-5)18(24-4)12-15(17)3/h7-14,20H,6H2,1-5H3,(H,22,23)/t14-,20+/m1/s1. The quantitative estimate of drug-likeness (QED) is 0.788. The summed E-state index contributed by atoms with van der Waals surface area (Å²) in [5.74, 6) is 1.29. The van der Waals surface area contributed by atoms with Gasteiger partial charge in [0.15, 0.2) is 11.5 Å². The van der Waals surface area contributed by atoms with Gasteiger partial charge in [0, 0.05) is 11.8 Å². The average molecular weight is 341 g/mol. The summed E-state index contributed by atoms with van der Waals surface area (Å²) >= 11 is 0. The number of hydrogen-bond donors (Lipinski definition) is 1. The van der Waals surface area contributed by atoms with Crippen molar-refractivity contribution >= 4 is 11.6 Å². The van der Waals surface area contributed by atoms with Gasteiger partial charge in [0.25, 0.3) is 0 Å². The Labute approximate surface area is 150 Å². The van der Waals surface area contributed by atoms with Crippen molar-refractivity contribution in [3.8, 4) is 11.5 Å². The molecular weight excluding hydrogens is 314 g/mol. The molecule has 0 unspecified atom stereocenters. The fourth-order valence-corrected chi connectivity index (χ4v) is 2.96. The van der Waals surface area contributed by atoms with E-state index in [1.807, 2.05) is 49.4 Å². The van der Waals surface area contributed by atoms with Gasteiger partial charge in [-0.1, -0.05) is 50.6 Å². The lowest BCUT2D eigenvalue weighted by molar-refractivity contribution is -0.118. The number of anilines is 1. The molecule has 2 atom stereocenters. The normalized spacial score (nSPS) is 13.0. The maximum Gasteiger partial charge on any atom is 0.232 e. The number of nitrogens with one attached hydrogen (secondary N) is 1. The minimum absolute atomic E-state index is 0.00382. The number of rotatable bonds is 7. The molecular formula is C21H27NO3. The minimum Gasteiger partial charge on any atom is -0.493 e. The molecule has 2 aromatic rings. The van der Waals surface area contributed by atoms with Crippen LogP contribution in [0.1, 0.15) is 37.3 Å². The molecule has 1 amide bonds. The van der Waals surface area contributed by atoms with Crippen LogP contribution in [0.5, 0.6) is 11.5 Å². The first kappa shape index (κ1) is 18.8. The van der Waals surface area contributed by atoms with Crippen molar-refractivity contribution in [1.82, 2.24) is 0 Å². The summed E-state index contributed by atoms with van der Waals surface area (Å²) in [4.78, 5) is 13.0. The predicted molar refractivity (Wildman–Crippen MR) is 102 cm³/mol. The van der Waals surface area contributed by atoms with Gasteiger partial charge in [-0.2, -0.15) is 0 Å². The summed E-state index contributed by atoms with van der Waals surface area (Å²) in [6, 6.07) is 13.6. The molecule has 0 heterocycles. The number of amides is 1. The molecule has 0 fully saturated rings. The van der Waals surface area contributed by atoms with Crippen molar-refractivity contribution in [2.24, 2.45) is 5.92 Å². The van der Waals surface area contributed by atoms with Crippen LogP contribution in [-0.4, -0.2) is 20.1 Å². The van der Waals surface area contributed by atoms with Crippen LogP contribution in [0.3, 0.4) is 0 Å². The Morgan fingerprint density at radius 1 is 1.08 bits per heavy atom. The summed E-state index contributed by atoms with van der Waals surface area (Å²) in [6.45, 7) is 6.16. The summed E-state index contributed by atoms with van der Waals surface area (Å²) in [6.07, 6.45) is 0.928. The van der Waals surface area contributed by atoms with Crippen molar-refractivity contribution < 1.29 is 14.3 Å². The third kappa shape index (κ3) is 4.32. The molecule has 0 aromatic heterocycles. The average Bonchev–Trinajstić information content (AvgIpc) is 2.63. The molecule has 2 aromatic carbocycles. The van der Waals surface area contributed by atoms with Crippen LogP contribution < -0.4 is 14.8 Å². The Balaban J connectivity index is 2.32. The van der Waals surface area contributed by atoms with Gasteiger partial charge >= 0.3 is 0 Å². The van der Waals surface area contributed by atoms with Gasteiger partial charge in [0.2, 0.25) is 5.91 Å². The minimum atomic E-state index is -0.196. The third-order valence-corrected chi connectivity index (χ3v) is 4.64. The fourth-order valence-electron chi connectivity index (χ4n) is 2.96. The number of hydrogen-bond acceptors (Lipinski definition) is 3. The van der Waals surface area contributed by atoms with E-state index >= 15 is 0 Å². The largest absolute Gasteiger partial charge is 0.493 e. The van der Waals surface area contributed by atoms with Gasteiger partial charge in [0.05, 0.1) is 20.1 Å². The second kappa shape index (κ2) is 8.56. The molecule has 0 aliphatic carbocycles. The van der Waals surface area contributed by atoms with Crippen LogP contribution in [0, 0.1) is 12.8 Å². The Morgan fingerprint density at radius 3 is 2.24 bits per heavy atom. The first-order valence-electron chi connectivity index (χ1n) is 8.60. The van der Waals surface area contributed by atoms with E-state index in [-0.39, 0.29) is 17.7 Å².